The Bertz CT molecular complexity index is 349. The normalized spacial score (nSPS) is 10.7. The maximum Gasteiger partial charge on any atom is 0.223 e. The molecule has 1 aromatic rings. The molecule has 1 rings (SSSR count). The molecular weight excluding hydrogens is 224 g/mol. The van der Waals surface area contributed by atoms with Gasteiger partial charge in [-0.3, -0.25) is 4.79 Å². The van der Waals surface area contributed by atoms with Crippen molar-refractivity contribution < 1.29 is 4.79 Å². The molecule has 0 spiro atoms. The lowest BCUT2D eigenvalue weighted by Gasteiger charge is -2.17. The van der Waals surface area contributed by atoms with Crippen LogP contribution in [0.3, 0.4) is 0 Å². The minimum absolute atomic E-state index is 0.190. The van der Waals surface area contributed by atoms with Crippen LogP contribution in [0.5, 0.6) is 0 Å². The SMILES string of the molecule is CC(C)CNCCC(=O)N(C)Cc1ccccc1. The third kappa shape index (κ3) is 5.82. The van der Waals surface area contributed by atoms with E-state index in [4.69, 9.17) is 0 Å². The van der Waals surface area contributed by atoms with Crippen molar-refractivity contribution in [1.82, 2.24) is 10.2 Å². The predicted octanol–water partition coefficient (Wildman–Crippen LogP) is 2.28. The molecule has 0 aromatic heterocycles. The fraction of sp³-hybridized carbons (Fsp3) is 0.533. The van der Waals surface area contributed by atoms with Gasteiger partial charge < -0.3 is 10.2 Å². The van der Waals surface area contributed by atoms with Crippen molar-refractivity contribution in [2.24, 2.45) is 5.92 Å². The van der Waals surface area contributed by atoms with Gasteiger partial charge in [0, 0.05) is 26.6 Å². The number of rotatable bonds is 7. The molecule has 0 unspecified atom stereocenters. The highest BCUT2D eigenvalue weighted by Crippen LogP contribution is 2.03. The minimum Gasteiger partial charge on any atom is -0.341 e. The van der Waals surface area contributed by atoms with Gasteiger partial charge in [0.25, 0.3) is 0 Å². The molecule has 0 atom stereocenters. The number of benzene rings is 1. The molecular formula is C15H24N2O. The number of nitrogens with zero attached hydrogens (tertiary/aromatic N) is 1. The van der Waals surface area contributed by atoms with E-state index in [-0.39, 0.29) is 5.91 Å². The molecule has 0 radical (unpaired) electrons. The third-order valence-electron chi connectivity index (χ3n) is 2.76. The molecule has 0 heterocycles. The summed E-state index contributed by atoms with van der Waals surface area (Å²) in [6, 6.07) is 10.1. The van der Waals surface area contributed by atoms with Crippen LogP contribution in [0.15, 0.2) is 30.3 Å². The molecule has 0 saturated carbocycles. The van der Waals surface area contributed by atoms with E-state index >= 15 is 0 Å². The first-order valence-corrected chi connectivity index (χ1v) is 6.58. The zero-order valence-corrected chi connectivity index (χ0v) is 11.6. The highest BCUT2D eigenvalue weighted by molar-refractivity contribution is 5.76. The molecule has 18 heavy (non-hydrogen) atoms. The predicted molar refractivity (Wildman–Crippen MR) is 75.2 cm³/mol. The van der Waals surface area contributed by atoms with Gasteiger partial charge in [-0.25, -0.2) is 0 Å². The van der Waals surface area contributed by atoms with E-state index in [1.165, 1.54) is 5.56 Å². The third-order valence-corrected chi connectivity index (χ3v) is 2.76. The van der Waals surface area contributed by atoms with Crippen LogP contribution < -0.4 is 5.32 Å². The quantitative estimate of drug-likeness (QED) is 0.751. The zero-order chi connectivity index (χ0) is 13.4. The van der Waals surface area contributed by atoms with Gasteiger partial charge in [0.1, 0.15) is 0 Å². The molecule has 0 aliphatic rings. The van der Waals surface area contributed by atoms with Crippen LogP contribution in [0.25, 0.3) is 0 Å². The maximum atomic E-state index is 11.9. The first-order chi connectivity index (χ1) is 8.59. The second kappa shape index (κ2) is 7.88. The van der Waals surface area contributed by atoms with Crippen molar-refractivity contribution in [3.63, 3.8) is 0 Å². The number of hydrogen-bond donors (Lipinski definition) is 1. The van der Waals surface area contributed by atoms with Crippen LogP contribution in [0.1, 0.15) is 25.8 Å². The van der Waals surface area contributed by atoms with Gasteiger partial charge in [0.15, 0.2) is 0 Å². The Morgan fingerprint density at radius 2 is 1.94 bits per heavy atom. The Morgan fingerprint density at radius 1 is 1.28 bits per heavy atom. The van der Waals surface area contributed by atoms with Gasteiger partial charge >= 0.3 is 0 Å². The van der Waals surface area contributed by atoms with Crippen LogP contribution in [0, 0.1) is 5.92 Å². The van der Waals surface area contributed by atoms with E-state index in [1.807, 2.05) is 37.4 Å². The Morgan fingerprint density at radius 3 is 2.56 bits per heavy atom. The highest BCUT2D eigenvalue weighted by Gasteiger charge is 2.08. The van der Waals surface area contributed by atoms with Crippen molar-refractivity contribution in [2.45, 2.75) is 26.8 Å². The van der Waals surface area contributed by atoms with Crippen LogP contribution in [-0.2, 0) is 11.3 Å². The largest absolute Gasteiger partial charge is 0.341 e. The minimum atomic E-state index is 0.190. The smallest absolute Gasteiger partial charge is 0.223 e. The van der Waals surface area contributed by atoms with Crippen LogP contribution in [-0.4, -0.2) is 30.9 Å². The van der Waals surface area contributed by atoms with Crippen molar-refractivity contribution in [3.8, 4) is 0 Å². The lowest BCUT2D eigenvalue weighted by atomic mass is 10.2. The second-order valence-corrected chi connectivity index (χ2v) is 5.08. The van der Waals surface area contributed by atoms with Crippen LogP contribution in [0.4, 0.5) is 0 Å². The molecule has 0 saturated heterocycles. The molecule has 0 aliphatic carbocycles. The molecule has 1 amide bonds. The summed E-state index contributed by atoms with van der Waals surface area (Å²) in [5.74, 6) is 0.817. The summed E-state index contributed by atoms with van der Waals surface area (Å²) >= 11 is 0. The Labute approximate surface area is 110 Å². The number of hydrogen-bond acceptors (Lipinski definition) is 2. The number of amides is 1. The van der Waals surface area contributed by atoms with Gasteiger partial charge in [0.2, 0.25) is 5.91 Å². The zero-order valence-electron chi connectivity index (χ0n) is 11.6. The molecule has 0 bridgehead atoms. The number of carbonyl (C=O) groups is 1. The fourth-order valence-corrected chi connectivity index (χ4v) is 1.72. The standard InChI is InChI=1S/C15H24N2O/c1-13(2)11-16-10-9-15(18)17(3)12-14-7-5-4-6-8-14/h4-8,13,16H,9-12H2,1-3H3. The number of carbonyl (C=O) groups excluding carboxylic acids is 1. The lowest BCUT2D eigenvalue weighted by molar-refractivity contribution is -0.130. The fourth-order valence-electron chi connectivity index (χ4n) is 1.72. The summed E-state index contributed by atoms with van der Waals surface area (Å²) in [7, 11) is 1.86. The van der Waals surface area contributed by atoms with E-state index in [1.54, 1.807) is 4.90 Å². The molecule has 3 nitrogen and oxygen atoms in total. The van der Waals surface area contributed by atoms with Gasteiger partial charge in [0.05, 0.1) is 0 Å². The van der Waals surface area contributed by atoms with E-state index in [9.17, 15) is 4.79 Å². The van der Waals surface area contributed by atoms with E-state index in [0.717, 1.165) is 13.1 Å². The molecule has 100 valence electrons. The summed E-state index contributed by atoms with van der Waals surface area (Å²) in [5.41, 5.74) is 1.17. The summed E-state index contributed by atoms with van der Waals surface area (Å²) in [4.78, 5) is 13.7. The monoisotopic (exact) mass is 248 g/mol. The topological polar surface area (TPSA) is 32.3 Å². The highest BCUT2D eigenvalue weighted by atomic mass is 16.2. The van der Waals surface area contributed by atoms with Gasteiger partial charge in [-0.1, -0.05) is 44.2 Å². The van der Waals surface area contributed by atoms with Crippen LogP contribution >= 0.6 is 0 Å². The van der Waals surface area contributed by atoms with Crippen molar-refractivity contribution in [1.29, 1.82) is 0 Å². The van der Waals surface area contributed by atoms with Crippen molar-refractivity contribution in [3.05, 3.63) is 35.9 Å². The van der Waals surface area contributed by atoms with Gasteiger partial charge in [-0.05, 0) is 18.0 Å². The summed E-state index contributed by atoms with van der Waals surface area (Å²) in [6.45, 7) is 6.74. The Kier molecular flexibility index (Phi) is 6.44. The molecule has 1 N–H and O–H groups in total. The average molecular weight is 248 g/mol. The van der Waals surface area contributed by atoms with Gasteiger partial charge in [-0.2, -0.15) is 0 Å². The van der Waals surface area contributed by atoms with E-state index in [2.05, 4.69) is 19.2 Å². The maximum absolute atomic E-state index is 11.9. The van der Waals surface area contributed by atoms with E-state index < -0.39 is 0 Å². The van der Waals surface area contributed by atoms with Crippen LogP contribution in [0.2, 0.25) is 0 Å². The summed E-state index contributed by atoms with van der Waals surface area (Å²) < 4.78 is 0. The molecule has 1 aromatic carbocycles. The average Bonchev–Trinajstić information content (AvgIpc) is 2.35. The number of nitrogens with one attached hydrogen (secondary N) is 1. The Hall–Kier alpha value is -1.35. The molecule has 0 fully saturated rings. The molecule has 0 aliphatic heterocycles. The first kappa shape index (κ1) is 14.7. The Balaban J connectivity index is 2.25. The lowest BCUT2D eigenvalue weighted by Crippen LogP contribution is -2.30. The van der Waals surface area contributed by atoms with Gasteiger partial charge in [-0.15, -0.1) is 0 Å². The molecule has 3 heteroatoms. The van der Waals surface area contributed by atoms with E-state index in [0.29, 0.717) is 18.9 Å². The van der Waals surface area contributed by atoms with Crippen molar-refractivity contribution >= 4 is 5.91 Å². The summed E-state index contributed by atoms with van der Waals surface area (Å²) in [6.07, 6.45) is 0.566. The van der Waals surface area contributed by atoms with Crippen molar-refractivity contribution in [2.75, 3.05) is 20.1 Å². The summed E-state index contributed by atoms with van der Waals surface area (Å²) in [5, 5.41) is 3.29. The second-order valence-electron chi connectivity index (χ2n) is 5.08. The first-order valence-electron chi connectivity index (χ1n) is 6.58.